The first-order chi connectivity index (χ1) is 7.22. The number of aliphatic hydroxyl groups is 1. The van der Waals surface area contributed by atoms with Crippen molar-refractivity contribution < 1.29 is 9.90 Å². The van der Waals surface area contributed by atoms with E-state index in [0.717, 1.165) is 13.1 Å². The van der Waals surface area contributed by atoms with Crippen molar-refractivity contribution in [2.24, 2.45) is 5.92 Å². The van der Waals surface area contributed by atoms with Crippen LogP contribution < -0.4 is 5.32 Å². The van der Waals surface area contributed by atoms with Gasteiger partial charge < -0.3 is 15.3 Å². The number of amides is 2. The Morgan fingerprint density at radius 1 is 1.47 bits per heavy atom. The molecule has 0 aromatic heterocycles. The Kier molecular flexibility index (Phi) is 4.88. The van der Waals surface area contributed by atoms with Gasteiger partial charge in [-0.2, -0.15) is 0 Å². The molecule has 0 aromatic carbocycles. The Bertz CT molecular complexity index is 201. The van der Waals surface area contributed by atoms with E-state index in [9.17, 15) is 4.79 Å². The second kappa shape index (κ2) is 5.95. The lowest BCUT2D eigenvalue weighted by Gasteiger charge is -2.24. The van der Waals surface area contributed by atoms with E-state index in [4.69, 9.17) is 5.11 Å². The molecule has 1 unspecified atom stereocenters. The van der Waals surface area contributed by atoms with Crippen molar-refractivity contribution in [2.45, 2.75) is 39.2 Å². The molecule has 0 aliphatic heterocycles. The highest BCUT2D eigenvalue weighted by molar-refractivity contribution is 5.74. The predicted molar refractivity (Wildman–Crippen MR) is 59.7 cm³/mol. The van der Waals surface area contributed by atoms with Gasteiger partial charge in [0.25, 0.3) is 0 Å². The van der Waals surface area contributed by atoms with Crippen LogP contribution in [0.25, 0.3) is 0 Å². The fourth-order valence-electron chi connectivity index (χ4n) is 1.82. The number of hydrogen-bond donors (Lipinski definition) is 2. The molecular formula is C11H22N2O2. The van der Waals surface area contributed by atoms with Crippen molar-refractivity contribution in [1.82, 2.24) is 10.2 Å². The molecule has 15 heavy (non-hydrogen) atoms. The number of nitrogens with zero attached hydrogens (tertiary/aromatic N) is 1. The van der Waals surface area contributed by atoms with Gasteiger partial charge in [-0.05, 0) is 39.0 Å². The maximum atomic E-state index is 11.8. The van der Waals surface area contributed by atoms with Crippen LogP contribution in [0.4, 0.5) is 4.79 Å². The van der Waals surface area contributed by atoms with Gasteiger partial charge in [0.1, 0.15) is 0 Å². The van der Waals surface area contributed by atoms with Crippen molar-refractivity contribution in [3.8, 4) is 0 Å². The number of carbonyl (C=O) groups excluding carboxylic acids is 1. The van der Waals surface area contributed by atoms with Crippen molar-refractivity contribution in [1.29, 1.82) is 0 Å². The molecule has 0 aromatic rings. The van der Waals surface area contributed by atoms with Gasteiger partial charge in [-0.3, -0.25) is 0 Å². The predicted octanol–water partition coefficient (Wildman–Crippen LogP) is 1.20. The monoisotopic (exact) mass is 214 g/mol. The van der Waals surface area contributed by atoms with Crippen LogP contribution in [-0.2, 0) is 0 Å². The zero-order valence-corrected chi connectivity index (χ0v) is 9.70. The Balaban J connectivity index is 2.38. The third kappa shape index (κ3) is 3.70. The second-order valence-corrected chi connectivity index (χ2v) is 4.08. The number of aliphatic hydroxyl groups excluding tert-OH is 1. The molecule has 0 spiro atoms. The first-order valence-corrected chi connectivity index (χ1v) is 5.89. The quantitative estimate of drug-likeness (QED) is 0.698. The van der Waals surface area contributed by atoms with Crippen LogP contribution >= 0.6 is 0 Å². The lowest BCUT2D eigenvalue weighted by atomic mass is 10.1. The molecule has 1 saturated carbocycles. The molecule has 1 aliphatic rings. The minimum absolute atomic E-state index is 0.00495. The van der Waals surface area contributed by atoms with Gasteiger partial charge in [0.05, 0.1) is 0 Å². The third-order valence-electron chi connectivity index (χ3n) is 2.99. The summed E-state index contributed by atoms with van der Waals surface area (Å²) in [5, 5.41) is 11.9. The number of nitrogens with one attached hydrogen (secondary N) is 1. The van der Waals surface area contributed by atoms with Gasteiger partial charge in [0.15, 0.2) is 0 Å². The van der Waals surface area contributed by atoms with Crippen LogP contribution in [0, 0.1) is 5.92 Å². The zero-order chi connectivity index (χ0) is 11.3. The SMILES string of the molecule is CCN(CC)C(=O)NC(CCO)C1CC1. The summed E-state index contributed by atoms with van der Waals surface area (Å²) >= 11 is 0. The Labute approximate surface area is 91.6 Å². The summed E-state index contributed by atoms with van der Waals surface area (Å²) in [6, 6.07) is 0.174. The molecule has 1 aliphatic carbocycles. The van der Waals surface area contributed by atoms with Gasteiger partial charge in [-0.15, -0.1) is 0 Å². The average Bonchev–Trinajstić information content (AvgIpc) is 3.02. The van der Waals surface area contributed by atoms with Gasteiger partial charge in [-0.25, -0.2) is 4.79 Å². The Morgan fingerprint density at radius 2 is 2.07 bits per heavy atom. The van der Waals surface area contributed by atoms with Crippen LogP contribution in [0.3, 0.4) is 0 Å². The molecule has 0 saturated heterocycles. The van der Waals surface area contributed by atoms with Gasteiger partial charge >= 0.3 is 6.03 Å². The van der Waals surface area contributed by atoms with Crippen molar-refractivity contribution >= 4 is 6.03 Å². The minimum atomic E-state index is 0.00495. The molecule has 4 heteroatoms. The molecule has 4 nitrogen and oxygen atoms in total. The fourth-order valence-corrected chi connectivity index (χ4v) is 1.82. The zero-order valence-electron chi connectivity index (χ0n) is 9.70. The maximum Gasteiger partial charge on any atom is 0.317 e. The number of rotatable bonds is 6. The lowest BCUT2D eigenvalue weighted by molar-refractivity contribution is 0.191. The third-order valence-corrected chi connectivity index (χ3v) is 2.99. The van der Waals surface area contributed by atoms with E-state index in [1.165, 1.54) is 12.8 Å². The van der Waals surface area contributed by atoms with Crippen molar-refractivity contribution in [3.05, 3.63) is 0 Å². The highest BCUT2D eigenvalue weighted by Gasteiger charge is 2.32. The molecule has 2 N–H and O–H groups in total. The van der Waals surface area contributed by atoms with Crippen LogP contribution in [0.5, 0.6) is 0 Å². The first-order valence-electron chi connectivity index (χ1n) is 5.89. The Morgan fingerprint density at radius 3 is 2.47 bits per heavy atom. The van der Waals surface area contributed by atoms with Crippen LogP contribution in [0.1, 0.15) is 33.1 Å². The summed E-state index contributed by atoms with van der Waals surface area (Å²) in [4.78, 5) is 13.5. The summed E-state index contributed by atoms with van der Waals surface area (Å²) in [5.41, 5.74) is 0. The van der Waals surface area contributed by atoms with E-state index < -0.39 is 0 Å². The molecule has 1 fully saturated rings. The molecule has 0 bridgehead atoms. The maximum absolute atomic E-state index is 11.8. The van der Waals surface area contributed by atoms with Crippen molar-refractivity contribution in [2.75, 3.05) is 19.7 Å². The topological polar surface area (TPSA) is 52.6 Å². The number of carbonyl (C=O) groups is 1. The molecule has 1 rings (SSSR count). The highest BCUT2D eigenvalue weighted by Crippen LogP contribution is 2.33. The van der Waals surface area contributed by atoms with Gasteiger partial charge in [0.2, 0.25) is 0 Å². The summed E-state index contributed by atoms with van der Waals surface area (Å²) in [6.45, 7) is 5.57. The Hall–Kier alpha value is -0.770. The van der Waals surface area contributed by atoms with Gasteiger partial charge in [0, 0.05) is 25.7 Å². The van der Waals surface area contributed by atoms with E-state index in [1.54, 1.807) is 4.90 Å². The lowest BCUT2D eigenvalue weighted by Crippen LogP contribution is -2.45. The molecule has 2 amide bonds. The first kappa shape index (κ1) is 12.3. The molecule has 0 heterocycles. The number of hydrogen-bond acceptors (Lipinski definition) is 2. The summed E-state index contributed by atoms with van der Waals surface area (Å²) in [5.74, 6) is 0.594. The fraction of sp³-hybridized carbons (Fsp3) is 0.909. The molecule has 0 radical (unpaired) electrons. The summed E-state index contributed by atoms with van der Waals surface area (Å²) < 4.78 is 0. The van der Waals surface area contributed by atoms with E-state index in [2.05, 4.69) is 5.32 Å². The smallest absolute Gasteiger partial charge is 0.317 e. The van der Waals surface area contributed by atoms with E-state index in [1.807, 2.05) is 13.8 Å². The van der Waals surface area contributed by atoms with E-state index >= 15 is 0 Å². The van der Waals surface area contributed by atoms with Crippen LogP contribution in [-0.4, -0.2) is 41.8 Å². The summed E-state index contributed by atoms with van der Waals surface area (Å²) in [6.07, 6.45) is 3.05. The standard InChI is InChI=1S/C11H22N2O2/c1-3-13(4-2)11(15)12-10(7-8-14)9-5-6-9/h9-10,14H,3-8H2,1-2H3,(H,12,15). The highest BCUT2D eigenvalue weighted by atomic mass is 16.3. The minimum Gasteiger partial charge on any atom is -0.396 e. The van der Waals surface area contributed by atoms with E-state index in [0.29, 0.717) is 12.3 Å². The van der Waals surface area contributed by atoms with Gasteiger partial charge in [-0.1, -0.05) is 0 Å². The van der Waals surface area contributed by atoms with E-state index in [-0.39, 0.29) is 18.7 Å². The van der Waals surface area contributed by atoms with Crippen molar-refractivity contribution in [3.63, 3.8) is 0 Å². The average molecular weight is 214 g/mol. The number of urea groups is 1. The van der Waals surface area contributed by atoms with Crippen LogP contribution in [0.2, 0.25) is 0 Å². The summed E-state index contributed by atoms with van der Waals surface area (Å²) in [7, 11) is 0. The van der Waals surface area contributed by atoms with Crippen LogP contribution in [0.15, 0.2) is 0 Å². The molecule has 1 atom stereocenters. The normalized spacial score (nSPS) is 17.3. The largest absolute Gasteiger partial charge is 0.396 e. The molecule has 88 valence electrons. The molecular weight excluding hydrogens is 192 g/mol. The second-order valence-electron chi connectivity index (χ2n) is 4.08.